The van der Waals surface area contributed by atoms with Crippen molar-refractivity contribution in [3.8, 4) is 0 Å². The Bertz CT molecular complexity index is 247. The Morgan fingerprint density at radius 2 is 1.65 bits per heavy atom. The monoisotopic (exact) mass is 243 g/mol. The highest BCUT2D eigenvalue weighted by Crippen LogP contribution is 2.37. The SMILES string of the molecule is CC1CC(N(C)C(C)(C)C(C)(C)C)CC(O)O1. The molecule has 0 aromatic carbocycles. The van der Waals surface area contributed by atoms with Crippen molar-refractivity contribution in [2.75, 3.05) is 7.05 Å². The van der Waals surface area contributed by atoms with Crippen LogP contribution in [0.25, 0.3) is 0 Å². The van der Waals surface area contributed by atoms with Crippen molar-refractivity contribution >= 4 is 0 Å². The van der Waals surface area contributed by atoms with E-state index in [4.69, 9.17) is 4.74 Å². The lowest BCUT2D eigenvalue weighted by molar-refractivity contribution is -0.183. The van der Waals surface area contributed by atoms with Gasteiger partial charge in [-0.05, 0) is 39.7 Å². The molecule has 3 nitrogen and oxygen atoms in total. The van der Waals surface area contributed by atoms with E-state index in [1.54, 1.807) is 0 Å². The molecule has 1 rings (SSSR count). The standard InChI is InChI=1S/C14H29NO2/c1-10-8-11(9-12(16)17-10)15(7)14(5,6)13(2,3)4/h10-12,16H,8-9H2,1-7H3. The van der Waals surface area contributed by atoms with Crippen LogP contribution in [-0.2, 0) is 4.74 Å². The Kier molecular flexibility index (Phi) is 4.28. The van der Waals surface area contributed by atoms with Crippen LogP contribution < -0.4 is 0 Å². The number of aliphatic hydroxyl groups excluding tert-OH is 1. The predicted molar refractivity (Wildman–Crippen MR) is 70.9 cm³/mol. The molecule has 1 saturated heterocycles. The summed E-state index contributed by atoms with van der Waals surface area (Å²) >= 11 is 0. The molecule has 3 heteroatoms. The smallest absolute Gasteiger partial charge is 0.156 e. The summed E-state index contributed by atoms with van der Waals surface area (Å²) in [7, 11) is 2.17. The number of rotatable bonds is 2. The third kappa shape index (κ3) is 3.21. The zero-order valence-electron chi connectivity index (χ0n) is 12.4. The van der Waals surface area contributed by atoms with Crippen molar-refractivity contribution in [1.82, 2.24) is 4.90 Å². The first kappa shape index (κ1) is 14.9. The molecule has 1 aliphatic heterocycles. The number of hydrogen-bond acceptors (Lipinski definition) is 3. The van der Waals surface area contributed by atoms with Gasteiger partial charge in [0.05, 0.1) is 6.10 Å². The van der Waals surface area contributed by atoms with Gasteiger partial charge in [-0.1, -0.05) is 20.8 Å². The summed E-state index contributed by atoms with van der Waals surface area (Å²) in [6.45, 7) is 13.4. The first-order chi connectivity index (χ1) is 7.55. The lowest BCUT2D eigenvalue weighted by Gasteiger charge is -2.51. The summed E-state index contributed by atoms with van der Waals surface area (Å²) in [6.07, 6.45) is 1.23. The first-order valence-corrected chi connectivity index (χ1v) is 6.62. The zero-order valence-corrected chi connectivity index (χ0v) is 12.4. The van der Waals surface area contributed by atoms with Crippen LogP contribution in [-0.4, -0.2) is 41.0 Å². The van der Waals surface area contributed by atoms with Crippen LogP contribution in [0.3, 0.4) is 0 Å². The lowest BCUT2D eigenvalue weighted by Crippen LogP contribution is -2.57. The van der Waals surface area contributed by atoms with E-state index in [-0.39, 0.29) is 17.1 Å². The Morgan fingerprint density at radius 1 is 1.12 bits per heavy atom. The van der Waals surface area contributed by atoms with Crippen LogP contribution in [0.15, 0.2) is 0 Å². The van der Waals surface area contributed by atoms with Gasteiger partial charge in [0.2, 0.25) is 0 Å². The minimum atomic E-state index is -0.609. The van der Waals surface area contributed by atoms with Gasteiger partial charge in [-0.25, -0.2) is 0 Å². The summed E-state index contributed by atoms with van der Waals surface area (Å²) in [6, 6.07) is 0.392. The van der Waals surface area contributed by atoms with Gasteiger partial charge in [0.15, 0.2) is 6.29 Å². The normalized spacial score (nSPS) is 31.9. The third-order valence-corrected chi connectivity index (χ3v) is 4.73. The van der Waals surface area contributed by atoms with Gasteiger partial charge < -0.3 is 9.84 Å². The molecule has 3 atom stereocenters. The fourth-order valence-electron chi connectivity index (χ4n) is 2.39. The van der Waals surface area contributed by atoms with Crippen molar-refractivity contribution < 1.29 is 9.84 Å². The van der Waals surface area contributed by atoms with E-state index in [9.17, 15) is 5.11 Å². The Labute approximate surface area is 106 Å². The highest BCUT2D eigenvalue weighted by molar-refractivity contribution is 4.95. The molecule has 0 amide bonds. The molecule has 1 aliphatic rings. The number of hydrogen-bond donors (Lipinski definition) is 1. The molecule has 0 aromatic heterocycles. The topological polar surface area (TPSA) is 32.7 Å². The molecule has 1 fully saturated rings. The van der Waals surface area contributed by atoms with E-state index in [0.29, 0.717) is 12.5 Å². The molecule has 0 bridgehead atoms. The van der Waals surface area contributed by atoms with Crippen LogP contribution in [0.1, 0.15) is 54.4 Å². The van der Waals surface area contributed by atoms with Gasteiger partial charge in [-0.3, -0.25) is 4.90 Å². The lowest BCUT2D eigenvalue weighted by atomic mass is 9.74. The summed E-state index contributed by atoms with van der Waals surface area (Å²) < 4.78 is 5.39. The van der Waals surface area contributed by atoms with Crippen molar-refractivity contribution in [2.45, 2.75) is 78.4 Å². The minimum absolute atomic E-state index is 0.0917. The number of aliphatic hydroxyl groups is 1. The fraction of sp³-hybridized carbons (Fsp3) is 1.00. The van der Waals surface area contributed by atoms with Crippen LogP contribution in [0.2, 0.25) is 0 Å². The van der Waals surface area contributed by atoms with Gasteiger partial charge in [-0.2, -0.15) is 0 Å². The zero-order chi connectivity index (χ0) is 13.4. The summed E-state index contributed by atoms with van der Waals surface area (Å²) in [5.41, 5.74) is 0.294. The van der Waals surface area contributed by atoms with Crippen LogP contribution in [0.4, 0.5) is 0 Å². The van der Waals surface area contributed by atoms with Gasteiger partial charge in [0, 0.05) is 18.0 Å². The van der Waals surface area contributed by atoms with Crippen LogP contribution in [0, 0.1) is 5.41 Å². The second kappa shape index (κ2) is 4.87. The van der Waals surface area contributed by atoms with Crippen LogP contribution >= 0.6 is 0 Å². The predicted octanol–water partition coefficient (Wildman–Crippen LogP) is 2.63. The Morgan fingerprint density at radius 3 is 2.06 bits per heavy atom. The van der Waals surface area contributed by atoms with Gasteiger partial charge in [-0.15, -0.1) is 0 Å². The second-order valence-corrected chi connectivity index (χ2v) is 6.95. The van der Waals surface area contributed by atoms with Gasteiger partial charge in [0.1, 0.15) is 0 Å². The van der Waals surface area contributed by atoms with Gasteiger partial charge >= 0.3 is 0 Å². The second-order valence-electron chi connectivity index (χ2n) is 6.95. The van der Waals surface area contributed by atoms with Crippen molar-refractivity contribution in [2.24, 2.45) is 5.41 Å². The molecule has 3 unspecified atom stereocenters. The largest absolute Gasteiger partial charge is 0.368 e. The van der Waals surface area contributed by atoms with Crippen molar-refractivity contribution in [3.05, 3.63) is 0 Å². The molecule has 0 aromatic rings. The van der Waals surface area contributed by atoms with E-state index in [1.165, 1.54) is 0 Å². The molecule has 17 heavy (non-hydrogen) atoms. The van der Waals surface area contributed by atoms with Crippen LogP contribution in [0.5, 0.6) is 0 Å². The average molecular weight is 243 g/mol. The van der Waals surface area contributed by atoms with Crippen molar-refractivity contribution in [1.29, 1.82) is 0 Å². The fourth-order valence-corrected chi connectivity index (χ4v) is 2.39. The third-order valence-electron chi connectivity index (χ3n) is 4.73. The van der Waals surface area contributed by atoms with E-state index in [1.807, 2.05) is 6.92 Å². The maximum atomic E-state index is 9.72. The maximum absolute atomic E-state index is 9.72. The van der Waals surface area contributed by atoms with Crippen molar-refractivity contribution in [3.63, 3.8) is 0 Å². The molecule has 1 heterocycles. The van der Waals surface area contributed by atoms with E-state index >= 15 is 0 Å². The summed E-state index contributed by atoms with van der Waals surface area (Å²) in [4.78, 5) is 2.41. The quantitative estimate of drug-likeness (QED) is 0.809. The molecular formula is C14H29NO2. The molecular weight excluding hydrogens is 214 g/mol. The molecule has 0 saturated carbocycles. The number of nitrogens with zero attached hydrogens (tertiary/aromatic N) is 1. The number of ether oxygens (including phenoxy) is 1. The molecule has 0 radical (unpaired) electrons. The minimum Gasteiger partial charge on any atom is -0.368 e. The molecule has 102 valence electrons. The van der Waals surface area contributed by atoms with E-state index in [2.05, 4.69) is 46.6 Å². The highest BCUT2D eigenvalue weighted by atomic mass is 16.6. The van der Waals surface area contributed by atoms with E-state index < -0.39 is 6.29 Å². The Balaban J connectivity index is 2.78. The van der Waals surface area contributed by atoms with E-state index in [0.717, 1.165) is 6.42 Å². The van der Waals surface area contributed by atoms with Gasteiger partial charge in [0.25, 0.3) is 0 Å². The summed E-state index contributed by atoms with van der Waals surface area (Å²) in [5, 5.41) is 9.72. The maximum Gasteiger partial charge on any atom is 0.156 e. The molecule has 1 N–H and O–H groups in total. The first-order valence-electron chi connectivity index (χ1n) is 6.62. The average Bonchev–Trinajstić information content (AvgIpc) is 2.13. The highest BCUT2D eigenvalue weighted by Gasteiger charge is 2.41. The molecule has 0 aliphatic carbocycles. The molecule has 0 spiro atoms. The summed E-state index contributed by atoms with van der Waals surface area (Å²) in [5.74, 6) is 0. The Hall–Kier alpha value is -0.120.